The smallest absolute Gasteiger partial charge is 0.165 e. The van der Waals surface area contributed by atoms with Crippen LogP contribution < -0.4 is 10.1 Å². The van der Waals surface area contributed by atoms with Crippen LogP contribution in [0.2, 0.25) is 0 Å². The number of ketones is 1. The van der Waals surface area contributed by atoms with Gasteiger partial charge in [0.2, 0.25) is 0 Å². The van der Waals surface area contributed by atoms with Gasteiger partial charge in [0.05, 0.1) is 12.6 Å². The molecule has 0 amide bonds. The number of carbonyl (C=O) groups is 1. The molecular formula is C25H27NO2. The lowest BCUT2D eigenvalue weighted by atomic mass is 9.97. The lowest BCUT2D eigenvalue weighted by Crippen LogP contribution is -2.16. The summed E-state index contributed by atoms with van der Waals surface area (Å²) in [6, 6.07) is 23.8. The van der Waals surface area contributed by atoms with Gasteiger partial charge < -0.3 is 10.1 Å². The predicted molar refractivity (Wildman–Crippen MR) is 115 cm³/mol. The summed E-state index contributed by atoms with van der Waals surface area (Å²) in [6.45, 7) is 6.69. The molecule has 0 fully saturated rings. The molecule has 144 valence electrons. The fourth-order valence-electron chi connectivity index (χ4n) is 3.19. The van der Waals surface area contributed by atoms with Gasteiger partial charge >= 0.3 is 0 Å². The molecule has 28 heavy (non-hydrogen) atoms. The van der Waals surface area contributed by atoms with E-state index >= 15 is 0 Å². The van der Waals surface area contributed by atoms with Gasteiger partial charge in [-0.3, -0.25) is 4.79 Å². The number of benzene rings is 3. The molecule has 0 bridgehead atoms. The first-order valence-electron chi connectivity index (χ1n) is 9.71. The van der Waals surface area contributed by atoms with Crippen molar-refractivity contribution >= 4 is 11.5 Å². The Kier molecular flexibility index (Phi) is 6.49. The highest BCUT2D eigenvalue weighted by molar-refractivity contribution is 5.96. The molecule has 0 spiro atoms. The van der Waals surface area contributed by atoms with E-state index in [1.165, 1.54) is 5.56 Å². The van der Waals surface area contributed by atoms with Gasteiger partial charge in [-0.15, -0.1) is 0 Å². The van der Waals surface area contributed by atoms with Crippen LogP contribution in [0.25, 0.3) is 0 Å². The van der Waals surface area contributed by atoms with Crippen molar-refractivity contribution in [3.05, 3.63) is 95.1 Å². The molecule has 1 atom stereocenters. The number of aryl methyl sites for hydroxylation is 2. The largest absolute Gasteiger partial charge is 0.494 e. The molecule has 0 saturated heterocycles. The van der Waals surface area contributed by atoms with E-state index in [4.69, 9.17) is 4.74 Å². The van der Waals surface area contributed by atoms with E-state index in [2.05, 4.69) is 24.4 Å². The molecule has 3 heteroatoms. The Hall–Kier alpha value is -3.07. The first-order chi connectivity index (χ1) is 13.5. The van der Waals surface area contributed by atoms with Crippen LogP contribution in [0.3, 0.4) is 0 Å². The van der Waals surface area contributed by atoms with Crippen molar-refractivity contribution in [2.75, 3.05) is 11.9 Å². The number of hydrogen-bond acceptors (Lipinski definition) is 3. The standard InChI is InChI=1S/C25H27NO2/c1-4-28-23-14-12-20(13-15-23)24(26-22-7-5-6-19(3)16-22)17-25(27)21-10-8-18(2)9-11-21/h5-16,24,26H,4,17H2,1-3H3. The Morgan fingerprint density at radius 3 is 2.29 bits per heavy atom. The van der Waals surface area contributed by atoms with Crippen LogP contribution >= 0.6 is 0 Å². The monoisotopic (exact) mass is 373 g/mol. The van der Waals surface area contributed by atoms with Crippen molar-refractivity contribution in [2.45, 2.75) is 33.2 Å². The molecule has 1 unspecified atom stereocenters. The van der Waals surface area contributed by atoms with Crippen molar-refractivity contribution in [3.63, 3.8) is 0 Å². The molecule has 0 aliphatic carbocycles. The average Bonchev–Trinajstić information content (AvgIpc) is 2.69. The molecule has 3 aromatic carbocycles. The Balaban J connectivity index is 1.84. The van der Waals surface area contributed by atoms with E-state index < -0.39 is 0 Å². The number of anilines is 1. The number of Topliss-reactive ketones (excluding diaryl/α,β-unsaturated/α-hetero) is 1. The molecule has 3 rings (SSSR count). The number of hydrogen-bond donors (Lipinski definition) is 1. The summed E-state index contributed by atoms with van der Waals surface area (Å²) >= 11 is 0. The number of ether oxygens (including phenoxy) is 1. The van der Waals surface area contributed by atoms with E-state index in [9.17, 15) is 4.79 Å². The second-order valence-corrected chi connectivity index (χ2v) is 7.06. The van der Waals surface area contributed by atoms with Crippen molar-refractivity contribution in [2.24, 2.45) is 0 Å². The molecule has 0 heterocycles. The number of rotatable bonds is 8. The summed E-state index contributed by atoms with van der Waals surface area (Å²) in [5, 5.41) is 3.54. The third kappa shape index (κ3) is 5.23. The van der Waals surface area contributed by atoms with Crippen molar-refractivity contribution in [1.29, 1.82) is 0 Å². The highest BCUT2D eigenvalue weighted by Gasteiger charge is 2.18. The third-order valence-corrected chi connectivity index (χ3v) is 4.72. The molecular weight excluding hydrogens is 346 g/mol. The van der Waals surface area contributed by atoms with E-state index in [-0.39, 0.29) is 11.8 Å². The van der Waals surface area contributed by atoms with Gasteiger partial charge in [0.15, 0.2) is 5.78 Å². The fraction of sp³-hybridized carbons (Fsp3) is 0.240. The Morgan fingerprint density at radius 2 is 1.64 bits per heavy atom. The summed E-state index contributed by atoms with van der Waals surface area (Å²) < 4.78 is 5.55. The molecule has 1 N–H and O–H groups in total. The van der Waals surface area contributed by atoms with E-state index in [1.807, 2.05) is 74.5 Å². The first-order valence-corrected chi connectivity index (χ1v) is 9.71. The second-order valence-electron chi connectivity index (χ2n) is 7.06. The minimum Gasteiger partial charge on any atom is -0.494 e. The lowest BCUT2D eigenvalue weighted by Gasteiger charge is -2.21. The van der Waals surface area contributed by atoms with Crippen molar-refractivity contribution < 1.29 is 9.53 Å². The van der Waals surface area contributed by atoms with Gasteiger partial charge in [0.1, 0.15) is 5.75 Å². The van der Waals surface area contributed by atoms with E-state index in [1.54, 1.807) is 0 Å². The van der Waals surface area contributed by atoms with Crippen LogP contribution in [0.5, 0.6) is 5.75 Å². The van der Waals surface area contributed by atoms with Gasteiger partial charge in [-0.05, 0) is 56.2 Å². The summed E-state index contributed by atoms with van der Waals surface area (Å²) in [7, 11) is 0. The van der Waals surface area contributed by atoms with Crippen LogP contribution in [0.4, 0.5) is 5.69 Å². The Bertz CT molecular complexity index is 914. The third-order valence-electron chi connectivity index (χ3n) is 4.72. The highest BCUT2D eigenvalue weighted by atomic mass is 16.5. The molecule has 0 aliphatic heterocycles. The normalized spacial score (nSPS) is 11.7. The second kappa shape index (κ2) is 9.23. The summed E-state index contributed by atoms with van der Waals surface area (Å²) in [4.78, 5) is 12.9. The topological polar surface area (TPSA) is 38.3 Å². The lowest BCUT2D eigenvalue weighted by molar-refractivity contribution is 0.0976. The van der Waals surface area contributed by atoms with Gasteiger partial charge in [-0.2, -0.15) is 0 Å². The van der Waals surface area contributed by atoms with Gasteiger partial charge in [0, 0.05) is 17.7 Å². The maximum absolute atomic E-state index is 12.9. The zero-order valence-electron chi connectivity index (χ0n) is 16.7. The van der Waals surface area contributed by atoms with E-state index in [0.717, 1.165) is 28.1 Å². The highest BCUT2D eigenvalue weighted by Crippen LogP contribution is 2.27. The molecule has 3 nitrogen and oxygen atoms in total. The predicted octanol–water partition coefficient (Wildman–Crippen LogP) is 6.13. The SMILES string of the molecule is CCOc1ccc(C(CC(=O)c2ccc(C)cc2)Nc2cccc(C)c2)cc1. The Labute approximate surface area is 167 Å². The zero-order valence-corrected chi connectivity index (χ0v) is 16.7. The van der Waals surface area contributed by atoms with E-state index in [0.29, 0.717) is 13.0 Å². The van der Waals surface area contributed by atoms with Gasteiger partial charge in [-0.25, -0.2) is 0 Å². The molecule has 3 aromatic rings. The molecule has 0 saturated carbocycles. The summed E-state index contributed by atoms with van der Waals surface area (Å²) in [5.74, 6) is 0.962. The summed E-state index contributed by atoms with van der Waals surface area (Å²) in [6.07, 6.45) is 0.380. The Morgan fingerprint density at radius 1 is 0.929 bits per heavy atom. The van der Waals surface area contributed by atoms with Crippen LogP contribution in [0.15, 0.2) is 72.8 Å². The van der Waals surface area contributed by atoms with Crippen LogP contribution in [0, 0.1) is 13.8 Å². The molecule has 0 radical (unpaired) electrons. The first kappa shape index (κ1) is 19.7. The molecule has 0 aromatic heterocycles. The number of carbonyl (C=O) groups excluding carboxylic acids is 1. The van der Waals surface area contributed by atoms with Crippen LogP contribution in [0.1, 0.15) is 46.4 Å². The van der Waals surface area contributed by atoms with Crippen molar-refractivity contribution in [1.82, 2.24) is 0 Å². The van der Waals surface area contributed by atoms with Gasteiger partial charge in [0.25, 0.3) is 0 Å². The summed E-state index contributed by atoms with van der Waals surface area (Å²) in [5.41, 5.74) is 5.14. The maximum atomic E-state index is 12.9. The number of nitrogens with one attached hydrogen (secondary N) is 1. The van der Waals surface area contributed by atoms with Crippen LogP contribution in [-0.4, -0.2) is 12.4 Å². The minimum absolute atomic E-state index is 0.119. The van der Waals surface area contributed by atoms with Crippen LogP contribution in [-0.2, 0) is 0 Å². The zero-order chi connectivity index (χ0) is 19.9. The minimum atomic E-state index is -0.119. The molecule has 0 aliphatic rings. The van der Waals surface area contributed by atoms with Gasteiger partial charge in [-0.1, -0.05) is 54.1 Å². The quantitative estimate of drug-likeness (QED) is 0.483. The fourth-order valence-corrected chi connectivity index (χ4v) is 3.19. The average molecular weight is 373 g/mol. The maximum Gasteiger partial charge on any atom is 0.165 e. The van der Waals surface area contributed by atoms with Crippen molar-refractivity contribution in [3.8, 4) is 5.75 Å².